The van der Waals surface area contributed by atoms with E-state index in [-0.39, 0.29) is 11.1 Å². The molecule has 0 aliphatic heterocycles. The molecule has 0 aliphatic rings. The van der Waals surface area contributed by atoms with Crippen LogP contribution in [0.3, 0.4) is 0 Å². The molecule has 1 amide bonds. The minimum absolute atomic E-state index is 0.146. The average Bonchev–Trinajstić information content (AvgIpc) is 2.75. The number of aromatic amines is 1. The molecule has 0 saturated heterocycles. The summed E-state index contributed by atoms with van der Waals surface area (Å²) in [7, 11) is 1.46. The SMILES string of the molecule is CN(C(=O)c1cc(C(C)(C)C)[nH]n1)C(C)(C)C(=O)O. The second-order valence-electron chi connectivity index (χ2n) is 6.15. The Morgan fingerprint density at radius 3 is 2.16 bits per heavy atom. The van der Waals surface area contributed by atoms with Gasteiger partial charge >= 0.3 is 5.97 Å². The Bertz CT molecular complexity index is 497. The van der Waals surface area contributed by atoms with Gasteiger partial charge < -0.3 is 10.0 Å². The smallest absolute Gasteiger partial charge is 0.329 e. The van der Waals surface area contributed by atoms with Crippen molar-refractivity contribution >= 4 is 11.9 Å². The first-order chi connectivity index (χ1) is 8.48. The van der Waals surface area contributed by atoms with Crippen LogP contribution in [0.1, 0.15) is 50.8 Å². The molecule has 1 aromatic heterocycles. The molecule has 1 aromatic rings. The molecule has 0 spiro atoms. The molecule has 19 heavy (non-hydrogen) atoms. The maximum Gasteiger partial charge on any atom is 0.329 e. The van der Waals surface area contributed by atoms with Gasteiger partial charge in [-0.15, -0.1) is 0 Å². The summed E-state index contributed by atoms with van der Waals surface area (Å²) in [5.41, 5.74) is -0.371. The Balaban J connectivity index is 3.02. The predicted molar refractivity (Wildman–Crippen MR) is 71.1 cm³/mol. The van der Waals surface area contributed by atoms with Crippen LogP contribution in [-0.2, 0) is 10.2 Å². The number of hydrogen-bond acceptors (Lipinski definition) is 3. The van der Waals surface area contributed by atoms with E-state index in [9.17, 15) is 9.59 Å². The zero-order chi connectivity index (χ0) is 15.0. The van der Waals surface area contributed by atoms with E-state index in [2.05, 4.69) is 10.2 Å². The van der Waals surface area contributed by atoms with Gasteiger partial charge in [-0.1, -0.05) is 20.8 Å². The normalized spacial score (nSPS) is 12.3. The van der Waals surface area contributed by atoms with Crippen molar-refractivity contribution < 1.29 is 14.7 Å². The summed E-state index contributed by atoms with van der Waals surface area (Å²) >= 11 is 0. The fourth-order valence-corrected chi connectivity index (χ4v) is 1.38. The summed E-state index contributed by atoms with van der Waals surface area (Å²) in [5, 5.41) is 15.9. The van der Waals surface area contributed by atoms with E-state index in [0.717, 1.165) is 5.69 Å². The fraction of sp³-hybridized carbons (Fsp3) is 0.615. The molecular formula is C13H21N3O3. The van der Waals surface area contributed by atoms with Gasteiger partial charge in [-0.2, -0.15) is 5.10 Å². The topological polar surface area (TPSA) is 86.3 Å². The van der Waals surface area contributed by atoms with E-state index in [1.165, 1.54) is 25.8 Å². The van der Waals surface area contributed by atoms with E-state index in [4.69, 9.17) is 5.11 Å². The molecule has 2 N–H and O–H groups in total. The maximum atomic E-state index is 12.2. The second-order valence-corrected chi connectivity index (χ2v) is 6.15. The summed E-state index contributed by atoms with van der Waals surface area (Å²) in [6, 6.07) is 1.66. The van der Waals surface area contributed by atoms with Crippen LogP contribution in [0.25, 0.3) is 0 Å². The number of nitrogens with one attached hydrogen (secondary N) is 1. The first-order valence-corrected chi connectivity index (χ1v) is 6.05. The van der Waals surface area contributed by atoms with Gasteiger partial charge in [0.15, 0.2) is 0 Å². The molecule has 0 unspecified atom stereocenters. The first-order valence-electron chi connectivity index (χ1n) is 6.05. The summed E-state index contributed by atoms with van der Waals surface area (Å²) < 4.78 is 0. The van der Waals surface area contributed by atoms with Crippen LogP contribution >= 0.6 is 0 Å². The van der Waals surface area contributed by atoms with E-state index in [1.807, 2.05) is 20.8 Å². The number of nitrogens with zero attached hydrogens (tertiary/aromatic N) is 2. The number of rotatable bonds is 3. The minimum Gasteiger partial charge on any atom is -0.480 e. The van der Waals surface area contributed by atoms with Crippen LogP contribution in [0.15, 0.2) is 6.07 Å². The molecule has 0 aliphatic carbocycles. The molecular weight excluding hydrogens is 246 g/mol. The zero-order valence-corrected chi connectivity index (χ0v) is 12.2. The van der Waals surface area contributed by atoms with Gasteiger partial charge in [0.05, 0.1) is 0 Å². The minimum atomic E-state index is -1.28. The molecule has 1 rings (SSSR count). The van der Waals surface area contributed by atoms with Crippen LogP contribution in [0.4, 0.5) is 0 Å². The monoisotopic (exact) mass is 267 g/mol. The lowest BCUT2D eigenvalue weighted by Gasteiger charge is -2.30. The molecule has 1 heterocycles. The van der Waals surface area contributed by atoms with Crippen LogP contribution < -0.4 is 0 Å². The molecule has 0 radical (unpaired) electrons. The molecule has 6 nitrogen and oxygen atoms in total. The highest BCUT2D eigenvalue weighted by molar-refractivity contribution is 5.96. The lowest BCUT2D eigenvalue weighted by atomic mass is 9.92. The molecule has 0 atom stereocenters. The predicted octanol–water partition coefficient (Wildman–Crippen LogP) is 1.64. The number of carbonyl (C=O) groups excluding carboxylic acids is 1. The number of H-pyrrole nitrogens is 1. The standard InChI is InChI=1S/C13H21N3O3/c1-12(2,3)9-7-8(14-15-9)10(17)16(6)13(4,5)11(18)19/h7H,1-6H3,(H,14,15)(H,18,19). The number of aliphatic carboxylic acids is 1. The Morgan fingerprint density at radius 1 is 1.26 bits per heavy atom. The highest BCUT2D eigenvalue weighted by Crippen LogP contribution is 2.22. The number of likely N-dealkylation sites (N-methyl/N-ethyl adjacent to an activating group) is 1. The summed E-state index contributed by atoms with van der Waals surface area (Å²) in [6.45, 7) is 8.95. The number of hydrogen-bond donors (Lipinski definition) is 2. The van der Waals surface area contributed by atoms with E-state index >= 15 is 0 Å². The van der Waals surface area contributed by atoms with Crippen LogP contribution in [0.2, 0.25) is 0 Å². The van der Waals surface area contributed by atoms with E-state index < -0.39 is 17.4 Å². The molecule has 0 bridgehead atoms. The highest BCUT2D eigenvalue weighted by Gasteiger charge is 2.36. The van der Waals surface area contributed by atoms with Crippen molar-refractivity contribution in [3.8, 4) is 0 Å². The first kappa shape index (κ1) is 15.2. The van der Waals surface area contributed by atoms with Gasteiger partial charge in [0.1, 0.15) is 11.2 Å². The van der Waals surface area contributed by atoms with Crippen molar-refractivity contribution in [2.24, 2.45) is 0 Å². The van der Waals surface area contributed by atoms with Crippen molar-refractivity contribution in [2.45, 2.75) is 45.6 Å². The number of aromatic nitrogens is 2. The average molecular weight is 267 g/mol. The Labute approximate surface area is 112 Å². The number of carboxylic acid groups (broad SMARTS) is 1. The third-order valence-corrected chi connectivity index (χ3v) is 3.27. The van der Waals surface area contributed by atoms with Gasteiger partial charge in [0, 0.05) is 18.2 Å². The molecule has 0 saturated carbocycles. The molecule has 0 aromatic carbocycles. The van der Waals surface area contributed by atoms with E-state index in [0.29, 0.717) is 0 Å². The van der Waals surface area contributed by atoms with Gasteiger partial charge in [0.2, 0.25) is 0 Å². The molecule has 106 valence electrons. The summed E-state index contributed by atoms with van der Waals surface area (Å²) in [5.74, 6) is -1.48. The molecule has 0 fully saturated rings. The highest BCUT2D eigenvalue weighted by atomic mass is 16.4. The second kappa shape index (κ2) is 4.68. The van der Waals surface area contributed by atoms with Crippen molar-refractivity contribution in [3.63, 3.8) is 0 Å². The maximum absolute atomic E-state index is 12.2. The van der Waals surface area contributed by atoms with Gasteiger partial charge in [-0.3, -0.25) is 9.89 Å². The Hall–Kier alpha value is -1.85. The quantitative estimate of drug-likeness (QED) is 0.871. The zero-order valence-electron chi connectivity index (χ0n) is 12.2. The molecule has 6 heteroatoms. The van der Waals surface area contributed by atoms with Crippen molar-refractivity contribution in [1.82, 2.24) is 15.1 Å². The fourth-order valence-electron chi connectivity index (χ4n) is 1.38. The van der Waals surface area contributed by atoms with Gasteiger partial charge in [0.25, 0.3) is 5.91 Å². The van der Waals surface area contributed by atoms with Crippen molar-refractivity contribution in [1.29, 1.82) is 0 Å². The largest absolute Gasteiger partial charge is 0.480 e. The Kier molecular flexibility index (Phi) is 3.74. The lowest BCUT2D eigenvalue weighted by molar-refractivity contribution is -0.147. The van der Waals surface area contributed by atoms with Crippen molar-refractivity contribution in [3.05, 3.63) is 17.5 Å². The number of carbonyl (C=O) groups is 2. The summed E-state index contributed by atoms with van der Waals surface area (Å²) in [6.07, 6.45) is 0. The van der Waals surface area contributed by atoms with Crippen LogP contribution in [-0.4, -0.2) is 44.7 Å². The number of carboxylic acids is 1. The summed E-state index contributed by atoms with van der Waals surface area (Å²) in [4.78, 5) is 24.5. The van der Waals surface area contributed by atoms with Crippen LogP contribution in [0.5, 0.6) is 0 Å². The van der Waals surface area contributed by atoms with Gasteiger partial charge in [-0.25, -0.2) is 4.79 Å². The Morgan fingerprint density at radius 2 is 1.79 bits per heavy atom. The number of amides is 1. The third kappa shape index (κ3) is 2.94. The van der Waals surface area contributed by atoms with Gasteiger partial charge in [-0.05, 0) is 19.9 Å². The van der Waals surface area contributed by atoms with E-state index in [1.54, 1.807) is 6.07 Å². The third-order valence-electron chi connectivity index (χ3n) is 3.27. The van der Waals surface area contributed by atoms with Crippen LogP contribution in [0, 0.1) is 0 Å². The van der Waals surface area contributed by atoms with Crippen molar-refractivity contribution in [2.75, 3.05) is 7.05 Å². The lowest BCUT2D eigenvalue weighted by Crippen LogP contribution is -2.50.